The van der Waals surface area contributed by atoms with Crippen molar-refractivity contribution in [1.29, 1.82) is 0 Å². The molecule has 3 nitrogen and oxygen atoms in total. The summed E-state index contributed by atoms with van der Waals surface area (Å²) in [5.41, 5.74) is 0.884. The molecule has 1 saturated heterocycles. The van der Waals surface area contributed by atoms with E-state index in [0.29, 0.717) is 0 Å². The Labute approximate surface area is 119 Å². The predicted molar refractivity (Wildman–Crippen MR) is 81.7 cm³/mol. The first-order valence-electron chi connectivity index (χ1n) is 6.75. The lowest BCUT2D eigenvalue weighted by Crippen LogP contribution is -2.24. The fourth-order valence-electron chi connectivity index (χ4n) is 2.08. The van der Waals surface area contributed by atoms with E-state index < -0.39 is 0 Å². The van der Waals surface area contributed by atoms with Crippen molar-refractivity contribution in [3.63, 3.8) is 0 Å². The Bertz CT molecular complexity index is 430. The first-order chi connectivity index (χ1) is 8.94. The second kappa shape index (κ2) is 5.97. The molecule has 1 fully saturated rings. The summed E-state index contributed by atoms with van der Waals surface area (Å²) >= 11 is 1.83. The summed E-state index contributed by atoms with van der Waals surface area (Å²) in [6.45, 7) is 8.32. The topological polar surface area (TPSA) is 41.1 Å². The van der Waals surface area contributed by atoms with Crippen LogP contribution in [0, 0.1) is 5.92 Å². The van der Waals surface area contributed by atoms with Gasteiger partial charge in [0.15, 0.2) is 0 Å². The molecular weight excluding hydrogens is 256 g/mol. The minimum absolute atomic E-state index is 0.114. The molecule has 2 N–H and O–H groups in total. The minimum atomic E-state index is 0.114. The summed E-state index contributed by atoms with van der Waals surface area (Å²) in [5, 5.41) is 6.20. The second-order valence-corrected chi connectivity index (χ2v) is 7.82. The molecule has 1 aromatic carbocycles. The number of carbonyl (C=O) groups excluding carboxylic acids is 1. The monoisotopic (exact) mass is 278 g/mol. The smallest absolute Gasteiger partial charge is 0.228 e. The normalized spacial score (nSPS) is 19.4. The van der Waals surface area contributed by atoms with Crippen molar-refractivity contribution in [2.75, 3.05) is 18.4 Å². The Morgan fingerprint density at radius 2 is 2.00 bits per heavy atom. The number of anilines is 1. The molecule has 104 valence electrons. The molecule has 0 spiro atoms. The fourth-order valence-corrected chi connectivity index (χ4v) is 3.06. The standard InChI is InChI=1S/C15H22N2OS/c1-15(2,3)19-13-6-4-12(5-7-13)17-14(18)11-8-9-16-10-11/h4-7,11,16H,8-10H2,1-3H3,(H,17,18). The molecule has 1 atom stereocenters. The molecule has 0 bridgehead atoms. The summed E-state index contributed by atoms with van der Waals surface area (Å²) in [7, 11) is 0. The summed E-state index contributed by atoms with van der Waals surface area (Å²) in [4.78, 5) is 13.2. The molecule has 0 aromatic heterocycles. The van der Waals surface area contributed by atoms with E-state index in [9.17, 15) is 4.79 Å². The first kappa shape index (κ1) is 14.4. The highest BCUT2D eigenvalue weighted by Gasteiger charge is 2.22. The summed E-state index contributed by atoms with van der Waals surface area (Å²) in [5.74, 6) is 0.241. The molecule has 19 heavy (non-hydrogen) atoms. The van der Waals surface area contributed by atoms with E-state index in [1.807, 2.05) is 23.9 Å². The zero-order chi connectivity index (χ0) is 13.9. The third-order valence-corrected chi connectivity index (χ3v) is 4.10. The van der Waals surface area contributed by atoms with Gasteiger partial charge in [0.2, 0.25) is 5.91 Å². The van der Waals surface area contributed by atoms with Gasteiger partial charge < -0.3 is 10.6 Å². The van der Waals surface area contributed by atoms with Gasteiger partial charge in [-0.3, -0.25) is 4.79 Å². The third kappa shape index (κ3) is 4.55. The molecule has 0 saturated carbocycles. The maximum Gasteiger partial charge on any atom is 0.228 e. The van der Waals surface area contributed by atoms with E-state index in [4.69, 9.17) is 0 Å². The van der Waals surface area contributed by atoms with Gasteiger partial charge in [0.05, 0.1) is 5.92 Å². The van der Waals surface area contributed by atoms with Crippen LogP contribution in [0.4, 0.5) is 5.69 Å². The van der Waals surface area contributed by atoms with Crippen molar-refractivity contribution in [2.45, 2.75) is 36.8 Å². The van der Waals surface area contributed by atoms with Crippen LogP contribution in [0.1, 0.15) is 27.2 Å². The number of carbonyl (C=O) groups is 1. The molecule has 0 aliphatic carbocycles. The molecule has 1 unspecified atom stereocenters. The van der Waals surface area contributed by atoms with Crippen LogP contribution in [-0.4, -0.2) is 23.7 Å². The Balaban J connectivity index is 1.93. The van der Waals surface area contributed by atoms with Crippen LogP contribution in [0.15, 0.2) is 29.2 Å². The summed E-state index contributed by atoms with van der Waals surface area (Å²) < 4.78 is 0.209. The molecule has 1 aliphatic rings. The SMILES string of the molecule is CC(C)(C)Sc1ccc(NC(=O)C2CCNC2)cc1. The van der Waals surface area contributed by atoms with E-state index in [-0.39, 0.29) is 16.6 Å². The van der Waals surface area contributed by atoms with Gasteiger partial charge in [0.25, 0.3) is 0 Å². The first-order valence-corrected chi connectivity index (χ1v) is 7.56. The van der Waals surface area contributed by atoms with Gasteiger partial charge in [-0.2, -0.15) is 0 Å². The molecular formula is C15H22N2OS. The number of benzene rings is 1. The van der Waals surface area contributed by atoms with Crippen LogP contribution in [0.5, 0.6) is 0 Å². The van der Waals surface area contributed by atoms with Crippen LogP contribution in [-0.2, 0) is 4.79 Å². The number of nitrogens with one attached hydrogen (secondary N) is 2. The maximum atomic E-state index is 12.0. The van der Waals surface area contributed by atoms with E-state index in [2.05, 4.69) is 43.5 Å². The lowest BCUT2D eigenvalue weighted by molar-refractivity contribution is -0.119. The quantitative estimate of drug-likeness (QED) is 0.835. The van der Waals surface area contributed by atoms with Crippen LogP contribution in [0.2, 0.25) is 0 Å². The number of thioether (sulfide) groups is 1. The van der Waals surface area contributed by atoms with Gasteiger partial charge in [0.1, 0.15) is 0 Å². The van der Waals surface area contributed by atoms with Gasteiger partial charge in [-0.05, 0) is 37.2 Å². The largest absolute Gasteiger partial charge is 0.326 e. The number of amides is 1. The van der Waals surface area contributed by atoms with Crippen LogP contribution >= 0.6 is 11.8 Å². The summed E-state index contributed by atoms with van der Waals surface area (Å²) in [6.07, 6.45) is 0.934. The van der Waals surface area contributed by atoms with E-state index in [0.717, 1.165) is 25.2 Å². The van der Waals surface area contributed by atoms with Crippen LogP contribution < -0.4 is 10.6 Å². The number of hydrogen-bond donors (Lipinski definition) is 2. The van der Waals surface area contributed by atoms with E-state index >= 15 is 0 Å². The average molecular weight is 278 g/mol. The summed E-state index contributed by atoms with van der Waals surface area (Å²) in [6, 6.07) is 8.10. The van der Waals surface area contributed by atoms with Crippen molar-refractivity contribution < 1.29 is 4.79 Å². The molecule has 2 rings (SSSR count). The Morgan fingerprint density at radius 1 is 1.32 bits per heavy atom. The minimum Gasteiger partial charge on any atom is -0.326 e. The predicted octanol–water partition coefficient (Wildman–Crippen LogP) is 3.13. The van der Waals surface area contributed by atoms with E-state index in [1.165, 1.54) is 4.90 Å². The highest BCUT2D eigenvalue weighted by Crippen LogP contribution is 2.32. The molecule has 0 radical (unpaired) electrons. The number of rotatable bonds is 3. The molecule has 4 heteroatoms. The lowest BCUT2D eigenvalue weighted by Gasteiger charge is -2.17. The second-order valence-electron chi connectivity index (χ2n) is 5.92. The van der Waals surface area contributed by atoms with Gasteiger partial charge in [-0.15, -0.1) is 11.8 Å². The molecule has 1 heterocycles. The van der Waals surface area contributed by atoms with Crippen molar-refractivity contribution in [3.8, 4) is 0 Å². The van der Waals surface area contributed by atoms with Gasteiger partial charge in [-0.25, -0.2) is 0 Å². The number of hydrogen-bond acceptors (Lipinski definition) is 3. The maximum absolute atomic E-state index is 12.0. The zero-order valence-corrected chi connectivity index (χ0v) is 12.6. The van der Waals surface area contributed by atoms with Gasteiger partial charge in [0, 0.05) is 21.9 Å². The Kier molecular flexibility index (Phi) is 4.53. The zero-order valence-electron chi connectivity index (χ0n) is 11.8. The molecule has 1 aromatic rings. The Morgan fingerprint density at radius 3 is 2.53 bits per heavy atom. The van der Waals surface area contributed by atoms with Crippen LogP contribution in [0.25, 0.3) is 0 Å². The molecule has 1 aliphatic heterocycles. The molecule has 1 amide bonds. The average Bonchev–Trinajstić information content (AvgIpc) is 2.83. The third-order valence-electron chi connectivity index (χ3n) is 2.98. The highest BCUT2D eigenvalue weighted by molar-refractivity contribution is 8.00. The van der Waals surface area contributed by atoms with Crippen molar-refractivity contribution in [1.82, 2.24) is 5.32 Å². The fraction of sp³-hybridized carbons (Fsp3) is 0.533. The van der Waals surface area contributed by atoms with Crippen molar-refractivity contribution in [3.05, 3.63) is 24.3 Å². The van der Waals surface area contributed by atoms with Crippen molar-refractivity contribution in [2.24, 2.45) is 5.92 Å². The highest BCUT2D eigenvalue weighted by atomic mass is 32.2. The van der Waals surface area contributed by atoms with Crippen molar-refractivity contribution >= 4 is 23.4 Å². The van der Waals surface area contributed by atoms with Crippen LogP contribution in [0.3, 0.4) is 0 Å². The lowest BCUT2D eigenvalue weighted by atomic mass is 10.1. The Hall–Kier alpha value is -1.00. The van der Waals surface area contributed by atoms with Gasteiger partial charge >= 0.3 is 0 Å². The van der Waals surface area contributed by atoms with E-state index in [1.54, 1.807) is 0 Å². The van der Waals surface area contributed by atoms with Gasteiger partial charge in [-0.1, -0.05) is 20.8 Å².